The summed E-state index contributed by atoms with van der Waals surface area (Å²) in [4.78, 5) is 18.6. The molecule has 0 saturated heterocycles. The van der Waals surface area contributed by atoms with Crippen LogP contribution in [0.3, 0.4) is 0 Å². The van der Waals surface area contributed by atoms with Crippen LogP contribution >= 0.6 is 0 Å². The van der Waals surface area contributed by atoms with Crippen LogP contribution in [0.1, 0.15) is 44.6 Å². The molecule has 0 atom stereocenters. The van der Waals surface area contributed by atoms with E-state index in [-0.39, 0.29) is 36.7 Å². The Kier molecular flexibility index (Phi) is 9.74. The maximum atomic E-state index is 15.1. The summed E-state index contributed by atoms with van der Waals surface area (Å²) < 4.78 is 47.4. The van der Waals surface area contributed by atoms with Gasteiger partial charge >= 0.3 is 0 Å². The van der Waals surface area contributed by atoms with Gasteiger partial charge < -0.3 is 20.3 Å². The van der Waals surface area contributed by atoms with Crippen LogP contribution in [0.5, 0.6) is 5.75 Å². The third-order valence-electron chi connectivity index (χ3n) is 6.19. The topological polar surface area (TPSA) is 66.0 Å². The quantitative estimate of drug-likeness (QED) is 0.325. The Balaban J connectivity index is 1.60. The number of benzene rings is 2. The van der Waals surface area contributed by atoms with Crippen LogP contribution in [0.4, 0.5) is 30.2 Å². The minimum Gasteiger partial charge on any atom is -0.492 e. The largest absolute Gasteiger partial charge is 0.492 e. The average Bonchev–Trinajstić information content (AvgIpc) is 2.81. The van der Waals surface area contributed by atoms with Crippen molar-refractivity contribution in [2.45, 2.75) is 45.0 Å². The lowest BCUT2D eigenvalue weighted by Gasteiger charge is -2.27. The van der Waals surface area contributed by atoms with Gasteiger partial charge in [0.1, 0.15) is 18.2 Å². The van der Waals surface area contributed by atoms with E-state index in [9.17, 15) is 13.6 Å². The summed E-state index contributed by atoms with van der Waals surface area (Å²) in [6.45, 7) is 6.84. The number of hydrogen-bond donors (Lipinski definition) is 2. The van der Waals surface area contributed by atoms with Crippen LogP contribution in [0.15, 0.2) is 48.0 Å². The predicted octanol–water partition coefficient (Wildman–Crippen LogP) is 6.73. The van der Waals surface area contributed by atoms with Gasteiger partial charge in [0, 0.05) is 61.2 Å². The predicted molar refractivity (Wildman–Crippen MR) is 144 cm³/mol. The van der Waals surface area contributed by atoms with Gasteiger partial charge in [-0.2, -0.15) is 0 Å². The smallest absolute Gasteiger partial charge is 0.248 e. The zero-order chi connectivity index (χ0) is 27.0. The summed E-state index contributed by atoms with van der Waals surface area (Å²) in [5.41, 5.74) is 2.18. The first-order valence-electron chi connectivity index (χ1n) is 12.4. The fourth-order valence-corrected chi connectivity index (χ4v) is 4.19. The van der Waals surface area contributed by atoms with E-state index in [4.69, 9.17) is 4.74 Å². The summed E-state index contributed by atoms with van der Waals surface area (Å²) in [7, 11) is 3.86. The summed E-state index contributed by atoms with van der Waals surface area (Å²) in [5.74, 6) is -2.95. The molecule has 37 heavy (non-hydrogen) atoms. The van der Waals surface area contributed by atoms with E-state index in [1.165, 1.54) is 6.07 Å². The summed E-state index contributed by atoms with van der Waals surface area (Å²) in [5, 5.41) is 5.90. The zero-order valence-corrected chi connectivity index (χ0v) is 21.6. The highest BCUT2D eigenvalue weighted by molar-refractivity contribution is 5.91. The second kappa shape index (κ2) is 12.8. The first kappa shape index (κ1) is 28.2. The molecule has 1 fully saturated rings. The van der Waals surface area contributed by atoms with Crippen molar-refractivity contribution in [2.75, 3.05) is 37.9 Å². The Labute approximate surface area is 216 Å². The van der Waals surface area contributed by atoms with Crippen molar-refractivity contribution >= 4 is 34.9 Å². The summed E-state index contributed by atoms with van der Waals surface area (Å²) in [6, 6.07) is 9.89. The fraction of sp³-hybridized carbons (Fsp3) is 0.429. The molecule has 1 aliphatic rings. The van der Waals surface area contributed by atoms with Gasteiger partial charge in [-0.1, -0.05) is 6.58 Å². The van der Waals surface area contributed by atoms with Gasteiger partial charge in [-0.15, -0.1) is 0 Å². The Morgan fingerprint density at radius 2 is 1.78 bits per heavy atom. The Morgan fingerprint density at radius 3 is 2.38 bits per heavy atom. The molecule has 9 heteroatoms. The molecule has 6 nitrogen and oxygen atoms in total. The van der Waals surface area contributed by atoms with E-state index in [0.717, 1.165) is 0 Å². The van der Waals surface area contributed by atoms with Crippen molar-refractivity contribution in [2.24, 2.45) is 10.9 Å². The molecule has 200 valence electrons. The number of ether oxygens (including phenoxy) is 1. The second-order valence-corrected chi connectivity index (χ2v) is 9.57. The van der Waals surface area contributed by atoms with Crippen molar-refractivity contribution in [3.63, 3.8) is 0 Å². The number of aliphatic imine (C=N–C) groups is 1. The van der Waals surface area contributed by atoms with Crippen LogP contribution in [-0.2, 0) is 4.79 Å². The first-order valence-corrected chi connectivity index (χ1v) is 12.4. The maximum absolute atomic E-state index is 15.1. The van der Waals surface area contributed by atoms with Gasteiger partial charge in [-0.25, -0.2) is 13.2 Å². The first-order chi connectivity index (χ1) is 17.6. The monoisotopic (exact) mass is 516 g/mol. The van der Waals surface area contributed by atoms with Gasteiger partial charge in [0.2, 0.25) is 11.8 Å². The molecule has 1 amide bonds. The minimum atomic E-state index is -2.60. The fourth-order valence-electron chi connectivity index (χ4n) is 4.19. The maximum Gasteiger partial charge on any atom is 0.248 e. The van der Waals surface area contributed by atoms with Crippen molar-refractivity contribution in [1.29, 1.82) is 0 Å². The van der Waals surface area contributed by atoms with Gasteiger partial charge in [-0.3, -0.25) is 9.79 Å². The van der Waals surface area contributed by atoms with E-state index in [2.05, 4.69) is 22.2 Å². The molecule has 2 aromatic rings. The number of nitrogens with zero attached hydrogens (tertiary/aromatic N) is 2. The van der Waals surface area contributed by atoms with Crippen LogP contribution in [0.25, 0.3) is 5.70 Å². The van der Waals surface area contributed by atoms with E-state index in [0.29, 0.717) is 54.5 Å². The summed E-state index contributed by atoms with van der Waals surface area (Å²) in [6.07, 6.45) is 2.19. The summed E-state index contributed by atoms with van der Waals surface area (Å²) >= 11 is 0. The number of rotatable bonds is 11. The number of carbonyl (C=O) groups is 1. The van der Waals surface area contributed by atoms with Crippen molar-refractivity contribution in [3.05, 3.63) is 54.4 Å². The third-order valence-corrected chi connectivity index (χ3v) is 6.19. The molecular formula is C28H35F3N4O2. The number of amides is 1. The molecular weight excluding hydrogens is 481 g/mol. The number of hydrogen-bond acceptors (Lipinski definition) is 5. The highest BCUT2D eigenvalue weighted by Gasteiger charge is 2.35. The standard InChI is InChI=1S/C28H35F3N4O2/c1-5-32-25-18-23(37-15-14-35(3)4)17-24(29)27(25)19(2)33-21-6-8-22(9-7-21)34-26(36)16-20-10-12-28(30,31)13-11-20/h5-9,17-18,20,33H,2,10-16H2,1,3-4H3,(H,34,36). The number of anilines is 2. The van der Waals surface area contributed by atoms with Crippen LogP contribution in [-0.4, -0.2) is 50.2 Å². The number of nitrogens with one attached hydrogen (secondary N) is 2. The minimum absolute atomic E-state index is 0.0245. The zero-order valence-electron chi connectivity index (χ0n) is 21.6. The average molecular weight is 517 g/mol. The van der Waals surface area contributed by atoms with Crippen LogP contribution < -0.4 is 15.4 Å². The van der Waals surface area contributed by atoms with Crippen molar-refractivity contribution in [3.8, 4) is 5.75 Å². The number of likely N-dealkylation sites (N-methyl/N-ethyl adjacent to an activating group) is 1. The van der Waals surface area contributed by atoms with Gasteiger partial charge in [0.25, 0.3) is 0 Å². The Morgan fingerprint density at radius 1 is 1.16 bits per heavy atom. The Bertz CT molecular complexity index is 1110. The normalized spacial score (nSPS) is 15.6. The molecule has 0 spiro atoms. The highest BCUT2D eigenvalue weighted by atomic mass is 19.3. The van der Waals surface area contributed by atoms with Crippen molar-refractivity contribution in [1.82, 2.24) is 4.90 Å². The SMILES string of the molecule is C=C(Nc1ccc(NC(=O)CC2CCC(F)(F)CC2)cc1)c1c(F)cc(OCCN(C)C)cc1N=CC. The molecule has 0 heterocycles. The highest BCUT2D eigenvalue weighted by Crippen LogP contribution is 2.37. The number of halogens is 3. The molecule has 2 aromatic carbocycles. The molecule has 2 N–H and O–H groups in total. The van der Waals surface area contributed by atoms with Gasteiger partial charge in [-0.05, 0) is 64.0 Å². The lowest BCUT2D eigenvalue weighted by molar-refractivity contribution is -0.118. The molecule has 0 unspecified atom stereocenters. The van der Waals surface area contributed by atoms with Crippen LogP contribution in [0.2, 0.25) is 0 Å². The number of carbonyl (C=O) groups excluding carboxylic acids is 1. The van der Waals surface area contributed by atoms with Crippen LogP contribution in [0, 0.1) is 11.7 Å². The third kappa shape index (κ3) is 8.63. The molecule has 3 rings (SSSR count). The second-order valence-electron chi connectivity index (χ2n) is 9.57. The van der Waals surface area contributed by atoms with E-state index in [1.807, 2.05) is 19.0 Å². The van der Waals surface area contributed by atoms with E-state index in [1.54, 1.807) is 43.5 Å². The molecule has 0 radical (unpaired) electrons. The van der Waals surface area contributed by atoms with E-state index >= 15 is 4.39 Å². The molecule has 1 aliphatic carbocycles. The molecule has 0 aliphatic heterocycles. The lowest BCUT2D eigenvalue weighted by Crippen LogP contribution is -2.27. The van der Waals surface area contributed by atoms with Gasteiger partial charge in [0.15, 0.2) is 0 Å². The Hall–Kier alpha value is -3.33. The molecule has 0 aromatic heterocycles. The van der Waals surface area contributed by atoms with E-state index < -0.39 is 11.7 Å². The van der Waals surface area contributed by atoms with Crippen molar-refractivity contribution < 1.29 is 22.7 Å². The molecule has 1 saturated carbocycles. The lowest BCUT2D eigenvalue weighted by atomic mass is 9.84. The molecule has 0 bridgehead atoms. The number of alkyl halides is 2. The van der Waals surface area contributed by atoms with Gasteiger partial charge in [0.05, 0.1) is 11.3 Å².